The summed E-state index contributed by atoms with van der Waals surface area (Å²) in [6, 6.07) is 0. The Morgan fingerprint density at radius 1 is 1.40 bits per heavy atom. The van der Waals surface area contributed by atoms with E-state index in [0.717, 1.165) is 38.6 Å². The molecule has 0 aromatic carbocycles. The van der Waals surface area contributed by atoms with Crippen LogP contribution in [0.1, 0.15) is 27.2 Å². The van der Waals surface area contributed by atoms with Crippen molar-refractivity contribution in [2.24, 2.45) is 11.8 Å². The maximum atomic E-state index is 9.80. The number of nitrogens with one attached hydrogen (secondary N) is 1. The molecule has 3 nitrogen and oxygen atoms in total. The van der Waals surface area contributed by atoms with Gasteiger partial charge < -0.3 is 15.3 Å². The summed E-state index contributed by atoms with van der Waals surface area (Å²) in [7, 11) is 0. The molecular formula is C12H26N2O. The minimum Gasteiger partial charge on any atom is -0.390 e. The van der Waals surface area contributed by atoms with Gasteiger partial charge in [0.15, 0.2) is 0 Å². The van der Waals surface area contributed by atoms with E-state index < -0.39 is 0 Å². The van der Waals surface area contributed by atoms with Gasteiger partial charge >= 0.3 is 0 Å². The number of likely N-dealkylation sites (tertiary alicyclic amines) is 1. The van der Waals surface area contributed by atoms with Gasteiger partial charge in [-0.1, -0.05) is 20.8 Å². The zero-order chi connectivity index (χ0) is 11.3. The van der Waals surface area contributed by atoms with Gasteiger partial charge in [0.2, 0.25) is 0 Å². The van der Waals surface area contributed by atoms with Crippen LogP contribution < -0.4 is 5.32 Å². The third kappa shape index (κ3) is 5.50. The first-order chi connectivity index (χ1) is 7.08. The number of hydrogen-bond donors (Lipinski definition) is 2. The van der Waals surface area contributed by atoms with Crippen molar-refractivity contribution in [2.45, 2.75) is 33.3 Å². The lowest BCUT2D eigenvalue weighted by atomic mass is 10.2. The lowest BCUT2D eigenvalue weighted by Gasteiger charge is -2.20. The second-order valence-electron chi connectivity index (χ2n) is 5.36. The summed E-state index contributed by atoms with van der Waals surface area (Å²) in [5.41, 5.74) is 0. The van der Waals surface area contributed by atoms with Crippen LogP contribution in [0.15, 0.2) is 0 Å². The highest BCUT2D eigenvalue weighted by Crippen LogP contribution is 2.14. The maximum absolute atomic E-state index is 9.80. The molecular weight excluding hydrogens is 188 g/mol. The third-order valence-electron chi connectivity index (χ3n) is 2.91. The van der Waals surface area contributed by atoms with Crippen molar-refractivity contribution < 1.29 is 5.11 Å². The highest BCUT2D eigenvalue weighted by Gasteiger charge is 2.20. The Labute approximate surface area is 93.9 Å². The van der Waals surface area contributed by atoms with Gasteiger partial charge in [-0.2, -0.15) is 0 Å². The van der Waals surface area contributed by atoms with Gasteiger partial charge in [-0.25, -0.2) is 0 Å². The minimum absolute atomic E-state index is 0.214. The van der Waals surface area contributed by atoms with Crippen molar-refractivity contribution in [3.05, 3.63) is 0 Å². The zero-order valence-corrected chi connectivity index (χ0v) is 10.4. The van der Waals surface area contributed by atoms with Crippen LogP contribution in [-0.4, -0.2) is 48.8 Å². The van der Waals surface area contributed by atoms with Crippen LogP contribution >= 0.6 is 0 Å². The fourth-order valence-corrected chi connectivity index (χ4v) is 2.09. The van der Waals surface area contributed by atoms with Gasteiger partial charge in [0.05, 0.1) is 6.10 Å². The van der Waals surface area contributed by atoms with Crippen molar-refractivity contribution >= 4 is 0 Å². The Hall–Kier alpha value is -0.120. The average molecular weight is 214 g/mol. The summed E-state index contributed by atoms with van der Waals surface area (Å²) in [4.78, 5) is 2.37. The zero-order valence-electron chi connectivity index (χ0n) is 10.4. The molecule has 3 heteroatoms. The Morgan fingerprint density at radius 3 is 2.67 bits per heavy atom. The van der Waals surface area contributed by atoms with E-state index in [-0.39, 0.29) is 6.10 Å². The Balaban J connectivity index is 2.05. The van der Waals surface area contributed by atoms with E-state index in [0.29, 0.717) is 5.92 Å². The molecule has 1 rings (SSSR count). The van der Waals surface area contributed by atoms with E-state index in [1.165, 1.54) is 6.42 Å². The first-order valence-corrected chi connectivity index (χ1v) is 6.19. The van der Waals surface area contributed by atoms with E-state index in [1.54, 1.807) is 0 Å². The molecule has 15 heavy (non-hydrogen) atoms. The van der Waals surface area contributed by atoms with E-state index in [1.807, 2.05) is 0 Å². The molecule has 2 atom stereocenters. The predicted molar refractivity (Wildman–Crippen MR) is 63.9 cm³/mol. The highest BCUT2D eigenvalue weighted by molar-refractivity contribution is 4.75. The van der Waals surface area contributed by atoms with Crippen molar-refractivity contribution in [3.8, 4) is 0 Å². The van der Waals surface area contributed by atoms with E-state index in [2.05, 4.69) is 31.0 Å². The normalized spacial score (nSPS) is 25.0. The molecule has 1 saturated heterocycles. The predicted octanol–water partition coefficient (Wildman–Crippen LogP) is 0.935. The fourth-order valence-electron chi connectivity index (χ4n) is 2.09. The quantitative estimate of drug-likeness (QED) is 0.690. The monoisotopic (exact) mass is 214 g/mol. The molecule has 90 valence electrons. The molecule has 1 fully saturated rings. The summed E-state index contributed by atoms with van der Waals surface area (Å²) in [6.45, 7) is 11.5. The van der Waals surface area contributed by atoms with E-state index in [4.69, 9.17) is 0 Å². The molecule has 0 saturated carbocycles. The number of aliphatic hydroxyl groups is 1. The van der Waals surface area contributed by atoms with Crippen LogP contribution in [0, 0.1) is 11.8 Å². The summed E-state index contributed by atoms with van der Waals surface area (Å²) in [6.07, 6.45) is 1.07. The largest absolute Gasteiger partial charge is 0.390 e. The average Bonchev–Trinajstić information content (AvgIpc) is 2.50. The lowest BCUT2D eigenvalue weighted by Crippen LogP contribution is -2.38. The molecule has 0 spiro atoms. The van der Waals surface area contributed by atoms with Gasteiger partial charge in [-0.15, -0.1) is 0 Å². The summed E-state index contributed by atoms with van der Waals surface area (Å²) in [5.74, 6) is 1.46. The second-order valence-corrected chi connectivity index (χ2v) is 5.36. The second kappa shape index (κ2) is 6.46. The van der Waals surface area contributed by atoms with Gasteiger partial charge in [0, 0.05) is 19.6 Å². The smallest absolute Gasteiger partial charge is 0.0791 e. The van der Waals surface area contributed by atoms with Gasteiger partial charge in [0.1, 0.15) is 0 Å². The van der Waals surface area contributed by atoms with Crippen molar-refractivity contribution in [3.63, 3.8) is 0 Å². The molecule has 2 unspecified atom stereocenters. The maximum Gasteiger partial charge on any atom is 0.0791 e. The Bertz CT molecular complexity index is 173. The highest BCUT2D eigenvalue weighted by atomic mass is 16.3. The number of rotatable bonds is 6. The summed E-state index contributed by atoms with van der Waals surface area (Å²) in [5, 5.41) is 13.1. The van der Waals surface area contributed by atoms with Crippen LogP contribution in [0.2, 0.25) is 0 Å². The third-order valence-corrected chi connectivity index (χ3v) is 2.91. The van der Waals surface area contributed by atoms with Crippen molar-refractivity contribution in [2.75, 3.05) is 32.7 Å². The molecule has 0 aromatic rings. The Kier molecular flexibility index (Phi) is 5.58. The van der Waals surface area contributed by atoms with Crippen molar-refractivity contribution in [1.82, 2.24) is 10.2 Å². The fraction of sp³-hybridized carbons (Fsp3) is 1.00. The number of hydrogen-bond acceptors (Lipinski definition) is 3. The van der Waals surface area contributed by atoms with Gasteiger partial charge in [0.25, 0.3) is 0 Å². The number of aliphatic hydroxyl groups excluding tert-OH is 1. The molecule has 1 heterocycles. The molecule has 0 bridgehead atoms. The van der Waals surface area contributed by atoms with Gasteiger partial charge in [-0.05, 0) is 31.3 Å². The van der Waals surface area contributed by atoms with Crippen molar-refractivity contribution in [1.29, 1.82) is 0 Å². The molecule has 0 amide bonds. The molecule has 0 aromatic heterocycles. The molecule has 2 N–H and O–H groups in total. The summed E-state index contributed by atoms with van der Waals surface area (Å²) < 4.78 is 0. The van der Waals surface area contributed by atoms with E-state index >= 15 is 0 Å². The number of β-amino-alcohol motifs (C(OH)–C–C–N with tert-alkyl or cyclic N) is 1. The van der Waals surface area contributed by atoms with Gasteiger partial charge in [-0.3, -0.25) is 0 Å². The van der Waals surface area contributed by atoms with Crippen LogP contribution in [0.4, 0.5) is 0 Å². The first-order valence-electron chi connectivity index (χ1n) is 6.19. The number of nitrogens with zero attached hydrogens (tertiary/aromatic N) is 1. The van der Waals surface area contributed by atoms with Crippen LogP contribution in [0.5, 0.6) is 0 Å². The first kappa shape index (κ1) is 12.9. The van der Waals surface area contributed by atoms with Crippen LogP contribution in [-0.2, 0) is 0 Å². The SMILES string of the molecule is CC(C)CNCC(O)CN1CCC(C)C1. The molecule has 1 aliphatic rings. The summed E-state index contributed by atoms with van der Waals surface area (Å²) >= 11 is 0. The molecule has 0 radical (unpaired) electrons. The van der Waals surface area contributed by atoms with Crippen LogP contribution in [0.3, 0.4) is 0 Å². The lowest BCUT2D eigenvalue weighted by molar-refractivity contribution is 0.121. The topological polar surface area (TPSA) is 35.5 Å². The van der Waals surface area contributed by atoms with Crippen LogP contribution in [0.25, 0.3) is 0 Å². The standard InChI is InChI=1S/C12H26N2O/c1-10(2)6-13-7-12(15)9-14-5-4-11(3)8-14/h10-13,15H,4-9H2,1-3H3. The minimum atomic E-state index is -0.214. The van der Waals surface area contributed by atoms with E-state index in [9.17, 15) is 5.11 Å². The molecule has 1 aliphatic heterocycles. The molecule has 0 aliphatic carbocycles. The Morgan fingerprint density at radius 2 is 2.13 bits per heavy atom.